The van der Waals surface area contributed by atoms with Crippen molar-refractivity contribution in [1.29, 1.82) is 0 Å². The molecule has 0 heterocycles. The Hall–Kier alpha value is -1.10. The van der Waals surface area contributed by atoms with Crippen molar-refractivity contribution in [2.75, 3.05) is 13.2 Å². The van der Waals surface area contributed by atoms with Crippen molar-refractivity contribution in [2.45, 2.75) is 104 Å². The molecule has 0 atom stereocenters. The van der Waals surface area contributed by atoms with Gasteiger partial charge in [-0.25, -0.2) is 0 Å². The Balaban J connectivity index is 3.27. The van der Waals surface area contributed by atoms with Crippen molar-refractivity contribution in [3.05, 3.63) is 0 Å². The quantitative estimate of drug-likeness (QED) is 0.210. The predicted molar refractivity (Wildman–Crippen MR) is 101 cm³/mol. The summed E-state index contributed by atoms with van der Waals surface area (Å²) in [5.41, 5.74) is 2.62. The maximum Gasteiger partial charge on any atom is 0.324 e. The molecule has 0 aliphatic carbocycles. The van der Waals surface area contributed by atoms with Gasteiger partial charge in [0.1, 0.15) is 0 Å². The molecular weight excluding hydrogens is 318 g/mol. The van der Waals surface area contributed by atoms with Gasteiger partial charge in [-0.3, -0.25) is 9.59 Å². The molecule has 0 amide bonds. The van der Waals surface area contributed by atoms with Crippen LogP contribution in [0, 0.1) is 0 Å². The maximum absolute atomic E-state index is 11.6. The van der Waals surface area contributed by atoms with Gasteiger partial charge >= 0.3 is 11.9 Å². The highest BCUT2D eigenvalue weighted by molar-refractivity contribution is 5.69. The van der Waals surface area contributed by atoms with Crippen LogP contribution >= 0.6 is 0 Å². The van der Waals surface area contributed by atoms with Crippen molar-refractivity contribution in [1.82, 2.24) is 5.48 Å². The molecule has 0 aliphatic heterocycles. The highest BCUT2D eigenvalue weighted by Gasteiger charge is 2.04. The lowest BCUT2D eigenvalue weighted by Gasteiger charge is -2.06. The van der Waals surface area contributed by atoms with Crippen LogP contribution in [0.3, 0.4) is 0 Å². The second-order valence-electron chi connectivity index (χ2n) is 6.62. The number of unbranched alkanes of at least 4 members (excludes halogenated alkanes) is 9. The standard InChI is InChI=1S/C20H39NO4/c1-3-5-7-8-9-10-11-13-18-24-19(22)16-14-17-21-25-20(23)15-12-6-4-2/h21H,3-18H2,1-2H3. The molecule has 0 radical (unpaired) electrons. The van der Waals surface area contributed by atoms with Gasteiger partial charge in [0.2, 0.25) is 0 Å². The first-order valence-electron chi connectivity index (χ1n) is 10.3. The number of hydrogen-bond donors (Lipinski definition) is 1. The van der Waals surface area contributed by atoms with Crippen LogP contribution in [0.5, 0.6) is 0 Å². The van der Waals surface area contributed by atoms with E-state index in [-0.39, 0.29) is 11.9 Å². The van der Waals surface area contributed by atoms with Crippen LogP contribution in [0.25, 0.3) is 0 Å². The summed E-state index contributed by atoms with van der Waals surface area (Å²) in [6, 6.07) is 0. The Morgan fingerprint density at radius 3 is 1.92 bits per heavy atom. The van der Waals surface area contributed by atoms with E-state index in [4.69, 9.17) is 9.57 Å². The molecule has 0 saturated carbocycles. The van der Waals surface area contributed by atoms with Gasteiger partial charge in [0.15, 0.2) is 0 Å². The zero-order chi connectivity index (χ0) is 18.6. The van der Waals surface area contributed by atoms with Crippen molar-refractivity contribution in [2.24, 2.45) is 0 Å². The smallest absolute Gasteiger partial charge is 0.324 e. The summed E-state index contributed by atoms with van der Waals surface area (Å²) >= 11 is 0. The predicted octanol–water partition coefficient (Wildman–Crippen LogP) is 5.08. The highest BCUT2D eigenvalue weighted by atomic mass is 16.7. The molecule has 0 unspecified atom stereocenters. The van der Waals surface area contributed by atoms with Crippen LogP contribution in [0.1, 0.15) is 104 Å². The summed E-state index contributed by atoms with van der Waals surface area (Å²) in [4.78, 5) is 27.8. The van der Waals surface area contributed by atoms with Gasteiger partial charge in [0.25, 0.3) is 0 Å². The second kappa shape index (κ2) is 19.2. The average Bonchev–Trinajstić information content (AvgIpc) is 2.60. The Morgan fingerprint density at radius 1 is 0.680 bits per heavy atom. The SMILES string of the molecule is CCCCCCCCCCOC(=O)CCCNOC(=O)CCCCC. The lowest BCUT2D eigenvalue weighted by molar-refractivity contribution is -0.151. The number of nitrogens with one attached hydrogen (secondary N) is 1. The fraction of sp³-hybridized carbons (Fsp3) is 0.900. The Bertz CT molecular complexity index is 321. The summed E-state index contributed by atoms with van der Waals surface area (Å²) in [7, 11) is 0. The number of rotatable bonds is 18. The van der Waals surface area contributed by atoms with E-state index in [1.807, 2.05) is 0 Å². The lowest BCUT2D eigenvalue weighted by atomic mass is 10.1. The summed E-state index contributed by atoms with van der Waals surface area (Å²) in [5.74, 6) is -0.398. The van der Waals surface area contributed by atoms with Gasteiger partial charge in [-0.15, -0.1) is 0 Å². The van der Waals surface area contributed by atoms with Crippen LogP contribution in [-0.2, 0) is 19.2 Å². The van der Waals surface area contributed by atoms with E-state index in [1.54, 1.807) is 0 Å². The topological polar surface area (TPSA) is 64.6 Å². The zero-order valence-electron chi connectivity index (χ0n) is 16.4. The van der Waals surface area contributed by atoms with Crippen LogP contribution in [0.2, 0.25) is 0 Å². The Morgan fingerprint density at radius 2 is 1.24 bits per heavy atom. The molecule has 0 aromatic heterocycles. The fourth-order valence-corrected chi connectivity index (χ4v) is 2.50. The summed E-state index contributed by atoms with van der Waals surface area (Å²) in [5, 5.41) is 0. The molecule has 0 bridgehead atoms. The van der Waals surface area contributed by atoms with E-state index in [2.05, 4.69) is 19.3 Å². The first kappa shape index (κ1) is 23.9. The van der Waals surface area contributed by atoms with Crippen molar-refractivity contribution < 1.29 is 19.2 Å². The monoisotopic (exact) mass is 357 g/mol. The van der Waals surface area contributed by atoms with Crippen molar-refractivity contribution in [3.63, 3.8) is 0 Å². The molecule has 0 aromatic rings. The lowest BCUT2D eigenvalue weighted by Crippen LogP contribution is -2.21. The van der Waals surface area contributed by atoms with E-state index in [0.29, 0.717) is 32.4 Å². The molecule has 0 aromatic carbocycles. The number of hydroxylamine groups is 1. The van der Waals surface area contributed by atoms with E-state index in [1.165, 1.54) is 38.5 Å². The van der Waals surface area contributed by atoms with Crippen molar-refractivity contribution in [3.8, 4) is 0 Å². The van der Waals surface area contributed by atoms with Crippen LogP contribution in [0.4, 0.5) is 0 Å². The molecule has 25 heavy (non-hydrogen) atoms. The molecule has 1 N–H and O–H groups in total. The molecule has 0 rings (SSSR count). The van der Waals surface area contributed by atoms with E-state index in [9.17, 15) is 9.59 Å². The van der Waals surface area contributed by atoms with E-state index >= 15 is 0 Å². The maximum atomic E-state index is 11.6. The summed E-state index contributed by atoms with van der Waals surface area (Å²) < 4.78 is 5.21. The molecule has 0 fully saturated rings. The van der Waals surface area contributed by atoms with Gasteiger partial charge in [-0.2, -0.15) is 5.48 Å². The van der Waals surface area contributed by atoms with Gasteiger partial charge in [-0.05, 0) is 19.3 Å². The van der Waals surface area contributed by atoms with E-state index < -0.39 is 0 Å². The average molecular weight is 358 g/mol. The van der Waals surface area contributed by atoms with Gasteiger partial charge in [0.05, 0.1) is 6.61 Å². The zero-order valence-corrected chi connectivity index (χ0v) is 16.4. The number of hydrogen-bond acceptors (Lipinski definition) is 5. The summed E-state index contributed by atoms with van der Waals surface area (Å²) in [6.45, 7) is 5.32. The van der Waals surface area contributed by atoms with Crippen molar-refractivity contribution >= 4 is 11.9 Å². The van der Waals surface area contributed by atoms with Crippen LogP contribution in [0.15, 0.2) is 0 Å². The number of carbonyl (C=O) groups excluding carboxylic acids is 2. The molecule has 0 saturated heterocycles. The van der Waals surface area contributed by atoms with Gasteiger partial charge in [-0.1, -0.05) is 71.6 Å². The summed E-state index contributed by atoms with van der Waals surface area (Å²) in [6.07, 6.45) is 14.3. The fourth-order valence-electron chi connectivity index (χ4n) is 2.50. The molecule has 5 heteroatoms. The molecule has 0 aliphatic rings. The second-order valence-corrected chi connectivity index (χ2v) is 6.62. The van der Waals surface area contributed by atoms with Gasteiger partial charge < -0.3 is 9.57 Å². The van der Waals surface area contributed by atoms with E-state index in [0.717, 1.165) is 32.1 Å². The Labute approximate surface area is 154 Å². The third-order valence-electron chi connectivity index (χ3n) is 4.09. The number of ether oxygens (including phenoxy) is 1. The third kappa shape index (κ3) is 19.1. The first-order valence-corrected chi connectivity index (χ1v) is 10.3. The molecule has 0 spiro atoms. The number of esters is 1. The Kier molecular flexibility index (Phi) is 18.4. The molecule has 148 valence electrons. The first-order chi connectivity index (χ1) is 12.2. The number of carbonyl (C=O) groups is 2. The largest absolute Gasteiger partial charge is 0.466 e. The normalized spacial score (nSPS) is 10.6. The van der Waals surface area contributed by atoms with Crippen LogP contribution < -0.4 is 5.48 Å². The molecular formula is C20H39NO4. The molecule has 5 nitrogen and oxygen atoms in total. The minimum Gasteiger partial charge on any atom is -0.466 e. The minimum absolute atomic E-state index is 0.168. The highest BCUT2D eigenvalue weighted by Crippen LogP contribution is 2.08. The third-order valence-corrected chi connectivity index (χ3v) is 4.09. The minimum atomic E-state index is -0.231. The van der Waals surface area contributed by atoms with Crippen LogP contribution in [-0.4, -0.2) is 25.1 Å². The van der Waals surface area contributed by atoms with Gasteiger partial charge in [0, 0.05) is 19.4 Å².